The Hall–Kier alpha value is -0.506. The molecule has 0 nitrogen and oxygen atoms in total. The molecule has 17 heavy (non-hydrogen) atoms. The van der Waals surface area contributed by atoms with E-state index in [1.54, 1.807) is 0 Å². The Labute approximate surface area is 122 Å². The first-order chi connectivity index (χ1) is 7.85. The molecule has 0 atom stereocenters. The standard InChI is InChI=1S/C8H13.C4H8.C2H6.C2H2.V/c1-2-5-8-6-3-4-7-8;1-3-4-2;2*1-2;/h2,5,8H,1,3-4,6-7H2;3-4H,1-2H3;1-2H3;1-2H;/q-1;;;;/b5-2+;4-3-;;;. The number of terminal acetylenes is 1. The minimum Gasteiger partial charge on any atom is -0.245 e. The monoisotopic (exact) mass is 272 g/mol. The molecule has 0 N–H and O–H groups in total. The summed E-state index contributed by atoms with van der Waals surface area (Å²) >= 11 is 0. The van der Waals surface area contributed by atoms with E-state index in [0.29, 0.717) is 0 Å². The van der Waals surface area contributed by atoms with Gasteiger partial charge in [-0.25, -0.2) is 19.1 Å². The summed E-state index contributed by atoms with van der Waals surface area (Å²) in [6, 6.07) is 0. The second-order valence-electron chi connectivity index (χ2n) is 3.14. The van der Waals surface area contributed by atoms with Crippen LogP contribution in [0.3, 0.4) is 0 Å². The van der Waals surface area contributed by atoms with Crippen molar-refractivity contribution in [1.82, 2.24) is 0 Å². The van der Waals surface area contributed by atoms with Gasteiger partial charge in [-0.2, -0.15) is 0 Å². The molecule has 0 aromatic carbocycles. The molecule has 1 saturated carbocycles. The van der Waals surface area contributed by atoms with Crippen molar-refractivity contribution in [2.24, 2.45) is 5.92 Å². The molecule has 0 amide bonds. The van der Waals surface area contributed by atoms with Crippen molar-refractivity contribution >= 4 is 0 Å². The number of hydrogen-bond acceptors (Lipinski definition) is 0. The summed E-state index contributed by atoms with van der Waals surface area (Å²) in [5.41, 5.74) is 0. The molecule has 0 spiro atoms. The molecule has 1 fully saturated rings. The summed E-state index contributed by atoms with van der Waals surface area (Å²) in [6.07, 6.45) is 21.8. The van der Waals surface area contributed by atoms with E-state index in [-0.39, 0.29) is 18.6 Å². The van der Waals surface area contributed by atoms with Gasteiger partial charge in [0.05, 0.1) is 0 Å². The molecule has 0 saturated heterocycles. The van der Waals surface area contributed by atoms with Crippen LogP contribution in [0.1, 0.15) is 53.4 Å². The first-order valence-corrected chi connectivity index (χ1v) is 6.21. The van der Waals surface area contributed by atoms with Crippen LogP contribution in [-0.4, -0.2) is 0 Å². The fraction of sp³-hybridized carbons (Fsp3) is 0.562. The van der Waals surface area contributed by atoms with E-state index in [0.717, 1.165) is 5.92 Å². The molecular weight excluding hydrogens is 243 g/mol. The zero-order valence-corrected chi connectivity index (χ0v) is 13.4. The van der Waals surface area contributed by atoms with E-state index in [1.807, 2.05) is 45.9 Å². The first-order valence-electron chi connectivity index (χ1n) is 6.21. The first kappa shape index (κ1) is 25.4. The predicted molar refractivity (Wildman–Crippen MR) is 78.2 cm³/mol. The summed E-state index contributed by atoms with van der Waals surface area (Å²) in [5.74, 6) is 0.868. The molecule has 0 aromatic heterocycles. The molecular formula is C16H29V-. The molecule has 1 radical (unpaired) electrons. The van der Waals surface area contributed by atoms with Crippen LogP contribution in [0.5, 0.6) is 0 Å². The third kappa shape index (κ3) is 25.6. The van der Waals surface area contributed by atoms with Crippen molar-refractivity contribution in [1.29, 1.82) is 0 Å². The van der Waals surface area contributed by atoms with Crippen molar-refractivity contribution in [2.45, 2.75) is 53.4 Å². The van der Waals surface area contributed by atoms with E-state index in [2.05, 4.69) is 25.8 Å². The van der Waals surface area contributed by atoms with Crippen LogP contribution in [0.15, 0.2) is 24.3 Å². The Morgan fingerprint density at radius 3 is 1.59 bits per heavy atom. The quantitative estimate of drug-likeness (QED) is 0.339. The largest absolute Gasteiger partial charge is 0.245 e. The van der Waals surface area contributed by atoms with Gasteiger partial charge in [-0.05, 0) is 13.8 Å². The van der Waals surface area contributed by atoms with Crippen molar-refractivity contribution in [3.05, 3.63) is 31.2 Å². The average molecular weight is 272 g/mol. The van der Waals surface area contributed by atoms with Crippen LogP contribution < -0.4 is 0 Å². The molecule has 0 heterocycles. The Bertz CT molecular complexity index is 156. The smallest absolute Gasteiger partial charge is 0 e. The van der Waals surface area contributed by atoms with E-state index < -0.39 is 0 Å². The molecule has 0 aromatic rings. The topological polar surface area (TPSA) is 0 Å². The minimum absolute atomic E-state index is 0. The molecule has 0 unspecified atom stereocenters. The van der Waals surface area contributed by atoms with E-state index in [4.69, 9.17) is 0 Å². The summed E-state index contributed by atoms with van der Waals surface area (Å²) in [7, 11) is 0. The van der Waals surface area contributed by atoms with E-state index >= 15 is 0 Å². The number of allylic oxidation sites excluding steroid dienone is 4. The Morgan fingerprint density at radius 2 is 1.35 bits per heavy atom. The Kier molecular flexibility index (Phi) is 44.1. The predicted octanol–water partition coefficient (Wildman–Crippen LogP) is 5.42. The third-order valence-corrected chi connectivity index (χ3v) is 2.14. The van der Waals surface area contributed by atoms with Crippen molar-refractivity contribution in [3.8, 4) is 12.8 Å². The maximum atomic E-state index is 4.00. The Balaban J connectivity index is -0.0000000814. The van der Waals surface area contributed by atoms with Crippen molar-refractivity contribution in [2.75, 3.05) is 0 Å². The fourth-order valence-electron chi connectivity index (χ4n) is 1.34. The van der Waals surface area contributed by atoms with Crippen molar-refractivity contribution in [3.63, 3.8) is 0 Å². The maximum absolute atomic E-state index is 4.00. The van der Waals surface area contributed by atoms with Crippen LogP contribution in [0, 0.1) is 25.7 Å². The van der Waals surface area contributed by atoms with E-state index in [9.17, 15) is 0 Å². The summed E-state index contributed by atoms with van der Waals surface area (Å²) in [6.45, 7) is 11.7. The van der Waals surface area contributed by atoms with Gasteiger partial charge in [0.2, 0.25) is 0 Å². The summed E-state index contributed by atoms with van der Waals surface area (Å²) < 4.78 is 0. The minimum atomic E-state index is 0. The van der Waals surface area contributed by atoms with E-state index in [1.165, 1.54) is 25.7 Å². The molecule has 1 heteroatoms. The second-order valence-corrected chi connectivity index (χ2v) is 3.14. The van der Waals surface area contributed by atoms with Crippen LogP contribution in [-0.2, 0) is 18.6 Å². The summed E-state index contributed by atoms with van der Waals surface area (Å²) in [5, 5.41) is 0. The number of hydrogen-bond donors (Lipinski definition) is 0. The maximum Gasteiger partial charge on any atom is 0 e. The molecule has 1 rings (SSSR count). The van der Waals surface area contributed by atoms with Gasteiger partial charge in [0.1, 0.15) is 0 Å². The number of rotatable bonds is 1. The zero-order valence-electron chi connectivity index (χ0n) is 12.0. The van der Waals surface area contributed by atoms with Gasteiger partial charge in [0, 0.05) is 18.6 Å². The van der Waals surface area contributed by atoms with Gasteiger partial charge in [-0.3, -0.25) is 0 Å². The Morgan fingerprint density at radius 1 is 1.00 bits per heavy atom. The molecule has 1 aliphatic rings. The fourth-order valence-corrected chi connectivity index (χ4v) is 1.34. The van der Waals surface area contributed by atoms with Gasteiger partial charge >= 0.3 is 0 Å². The SMILES string of the molecule is C#C.C/C=C\C.CC.[CH2-]/C=C/C1CCCC1.[V]. The van der Waals surface area contributed by atoms with Gasteiger partial charge in [0.15, 0.2) is 0 Å². The van der Waals surface area contributed by atoms with Crippen molar-refractivity contribution < 1.29 is 18.6 Å². The van der Waals surface area contributed by atoms with Crippen LogP contribution >= 0.6 is 0 Å². The van der Waals surface area contributed by atoms with Gasteiger partial charge < -0.3 is 0 Å². The zero-order chi connectivity index (χ0) is 13.2. The normalized spacial score (nSPS) is 13.5. The molecule has 1 aliphatic carbocycles. The van der Waals surface area contributed by atoms with Crippen LogP contribution in [0.2, 0.25) is 0 Å². The third-order valence-electron chi connectivity index (χ3n) is 2.14. The molecule has 99 valence electrons. The van der Waals surface area contributed by atoms with Gasteiger partial charge in [0.25, 0.3) is 0 Å². The summed E-state index contributed by atoms with van der Waals surface area (Å²) in [4.78, 5) is 0. The van der Waals surface area contributed by atoms with Crippen LogP contribution in [0.4, 0.5) is 0 Å². The van der Waals surface area contributed by atoms with Gasteiger partial charge in [-0.1, -0.05) is 57.6 Å². The molecule has 0 bridgehead atoms. The second kappa shape index (κ2) is 29.6. The van der Waals surface area contributed by atoms with Gasteiger partial charge in [-0.15, -0.1) is 12.8 Å². The van der Waals surface area contributed by atoms with Crippen LogP contribution in [0.25, 0.3) is 0 Å². The molecule has 0 aliphatic heterocycles. The average Bonchev–Trinajstić information content (AvgIpc) is 2.88.